The van der Waals surface area contributed by atoms with Crippen molar-refractivity contribution in [2.24, 2.45) is 0 Å². The number of aromatic amines is 1. The summed E-state index contributed by atoms with van der Waals surface area (Å²) in [5, 5.41) is 30.5. The molecular formula is C17H22ClFN9O6P. The largest absolute Gasteiger partial charge is 0.387 e. The Balaban J connectivity index is 1.36. The summed E-state index contributed by atoms with van der Waals surface area (Å²) in [4.78, 5) is 27.5. The number of aliphatic hydroxyl groups excluding tert-OH is 1. The molecule has 3 aromatic rings. The Hall–Kier alpha value is -2.33. The van der Waals surface area contributed by atoms with Crippen LogP contribution in [0.25, 0.3) is 11.0 Å². The van der Waals surface area contributed by atoms with Crippen molar-refractivity contribution in [3.05, 3.63) is 17.3 Å². The highest BCUT2D eigenvalue weighted by atomic mass is 35.5. The summed E-state index contributed by atoms with van der Waals surface area (Å²) in [7, 11) is -4.86. The lowest BCUT2D eigenvalue weighted by molar-refractivity contribution is -0.0751. The highest BCUT2D eigenvalue weighted by molar-refractivity contribution is 7.51. The first kappa shape index (κ1) is 24.4. The van der Waals surface area contributed by atoms with Crippen LogP contribution < -0.4 is 5.32 Å². The molecule has 5 atom stereocenters. The highest BCUT2D eigenvalue weighted by Gasteiger charge is 2.47. The van der Waals surface area contributed by atoms with E-state index >= 15 is 4.39 Å². The molecule has 5 N–H and O–H groups in total. The number of hydrogen-bond acceptors (Lipinski definition) is 11. The van der Waals surface area contributed by atoms with Crippen molar-refractivity contribution in [3.8, 4) is 0 Å². The number of nitrogens with zero attached hydrogens (tertiary/aromatic N) is 7. The van der Waals surface area contributed by atoms with E-state index in [1.807, 2.05) is 0 Å². The molecule has 0 radical (unpaired) electrons. The minimum absolute atomic E-state index is 0.0706. The lowest BCUT2D eigenvalue weighted by atomic mass is 10.1. The summed E-state index contributed by atoms with van der Waals surface area (Å²) in [5.41, 5.74) is 0.202. The quantitative estimate of drug-likeness (QED) is 0.201. The molecule has 0 spiro atoms. The lowest BCUT2D eigenvalue weighted by Gasteiger charge is -2.20. The van der Waals surface area contributed by atoms with Gasteiger partial charge in [-0.15, -0.1) is 5.10 Å². The number of hydrogen-bond donors (Lipinski definition) is 5. The topological polar surface area (TPSA) is 206 Å². The number of rotatable bonds is 8. The molecule has 190 valence electrons. The molecule has 1 saturated heterocycles. The Labute approximate surface area is 201 Å². The van der Waals surface area contributed by atoms with Crippen LogP contribution in [0.2, 0.25) is 5.28 Å². The predicted octanol–water partition coefficient (Wildman–Crippen LogP) is 0.837. The number of nitrogens with one attached hydrogen (secondary N) is 2. The fraction of sp³-hybridized carbons (Fsp3) is 0.647. The molecule has 2 fully saturated rings. The first-order valence-electron chi connectivity index (χ1n) is 10.8. The van der Waals surface area contributed by atoms with E-state index < -0.39 is 44.7 Å². The fourth-order valence-electron chi connectivity index (χ4n) is 4.29. The smallest absolute Gasteiger partial charge is 0.361 e. The minimum atomic E-state index is -4.86. The second-order valence-electron chi connectivity index (χ2n) is 8.35. The fourth-order valence-corrected chi connectivity index (χ4v) is 5.16. The highest BCUT2D eigenvalue weighted by Crippen LogP contribution is 2.51. The third-order valence-corrected chi connectivity index (χ3v) is 7.15. The van der Waals surface area contributed by atoms with Crippen molar-refractivity contribution in [2.45, 2.75) is 62.2 Å². The third-order valence-electron chi connectivity index (χ3n) is 5.98. The van der Waals surface area contributed by atoms with Gasteiger partial charge in [0.25, 0.3) is 0 Å². The van der Waals surface area contributed by atoms with Gasteiger partial charge in [0.05, 0.1) is 18.2 Å². The Morgan fingerprint density at radius 1 is 1.37 bits per heavy atom. The van der Waals surface area contributed by atoms with Crippen molar-refractivity contribution >= 4 is 36.0 Å². The van der Waals surface area contributed by atoms with Crippen molar-refractivity contribution < 1.29 is 33.3 Å². The first-order chi connectivity index (χ1) is 16.7. The van der Waals surface area contributed by atoms with Gasteiger partial charge in [-0.25, -0.2) is 14.2 Å². The van der Waals surface area contributed by atoms with Gasteiger partial charge >= 0.3 is 7.60 Å². The number of halogens is 2. The van der Waals surface area contributed by atoms with Gasteiger partial charge in [0, 0.05) is 6.04 Å². The SMILES string of the molecule is O=P(O)(O)C(OC[C@H]1O[C@@H](n2ncc3c(NC4CCCC4)nc(Cl)nc32)[C@@H](F)[C@@H]1O)c1nnn[nH]1. The van der Waals surface area contributed by atoms with Crippen molar-refractivity contribution in [2.75, 3.05) is 11.9 Å². The molecule has 35 heavy (non-hydrogen) atoms. The number of alkyl halides is 1. The number of anilines is 1. The number of aromatic nitrogens is 8. The first-order valence-corrected chi connectivity index (χ1v) is 12.8. The van der Waals surface area contributed by atoms with Crippen LogP contribution in [0.5, 0.6) is 0 Å². The lowest BCUT2D eigenvalue weighted by Crippen LogP contribution is -2.32. The summed E-state index contributed by atoms with van der Waals surface area (Å²) in [6.07, 6.45) is -0.674. The van der Waals surface area contributed by atoms with Crippen LogP contribution in [0, 0.1) is 0 Å². The van der Waals surface area contributed by atoms with E-state index in [-0.39, 0.29) is 22.8 Å². The van der Waals surface area contributed by atoms with Crippen LogP contribution in [-0.2, 0) is 14.0 Å². The van der Waals surface area contributed by atoms with E-state index in [9.17, 15) is 19.5 Å². The molecule has 1 unspecified atom stereocenters. The molecule has 3 aromatic heterocycles. The average molecular weight is 534 g/mol. The Morgan fingerprint density at radius 3 is 2.83 bits per heavy atom. The number of H-pyrrole nitrogens is 1. The van der Waals surface area contributed by atoms with Gasteiger partial charge in [0.15, 0.2) is 23.9 Å². The van der Waals surface area contributed by atoms with Crippen molar-refractivity contribution in [3.63, 3.8) is 0 Å². The van der Waals surface area contributed by atoms with Gasteiger partial charge in [-0.05, 0) is 34.9 Å². The number of fused-ring (bicyclic) bond motifs is 1. The maximum Gasteiger partial charge on any atom is 0.361 e. The van der Waals surface area contributed by atoms with Gasteiger partial charge in [-0.2, -0.15) is 15.1 Å². The van der Waals surface area contributed by atoms with Gasteiger partial charge < -0.3 is 29.7 Å². The zero-order valence-corrected chi connectivity index (χ0v) is 19.6. The Morgan fingerprint density at radius 2 is 2.14 bits per heavy atom. The minimum Gasteiger partial charge on any atom is -0.387 e. The molecular weight excluding hydrogens is 512 g/mol. The molecule has 1 aliphatic heterocycles. The molecule has 15 nitrogen and oxygen atoms in total. The molecule has 4 heterocycles. The van der Waals surface area contributed by atoms with Gasteiger partial charge in [-0.1, -0.05) is 12.8 Å². The monoisotopic (exact) mass is 533 g/mol. The third kappa shape index (κ3) is 4.87. The number of tetrazole rings is 1. The van der Waals surface area contributed by atoms with Gasteiger partial charge in [0.2, 0.25) is 11.1 Å². The van der Waals surface area contributed by atoms with E-state index in [0.29, 0.717) is 11.2 Å². The normalized spacial score (nSPS) is 26.5. The molecule has 0 aromatic carbocycles. The molecule has 1 saturated carbocycles. The second kappa shape index (κ2) is 9.61. The maximum atomic E-state index is 15.1. The number of ether oxygens (including phenoxy) is 2. The van der Waals surface area contributed by atoms with Crippen LogP contribution in [0.15, 0.2) is 6.20 Å². The molecule has 1 aliphatic carbocycles. The van der Waals surface area contributed by atoms with E-state index in [1.165, 1.54) is 6.20 Å². The molecule has 2 aliphatic rings. The summed E-state index contributed by atoms with van der Waals surface area (Å²) < 4.78 is 38.9. The van der Waals surface area contributed by atoms with Gasteiger partial charge in [0.1, 0.15) is 18.0 Å². The van der Waals surface area contributed by atoms with E-state index in [1.54, 1.807) is 0 Å². The second-order valence-corrected chi connectivity index (χ2v) is 10.3. The Kier molecular flexibility index (Phi) is 6.69. The van der Waals surface area contributed by atoms with Crippen LogP contribution in [-0.4, -0.2) is 86.3 Å². The maximum absolute atomic E-state index is 15.1. The van der Waals surface area contributed by atoms with Crippen LogP contribution in [0.4, 0.5) is 10.2 Å². The zero-order valence-electron chi connectivity index (χ0n) is 18.0. The van der Waals surface area contributed by atoms with Crippen LogP contribution >= 0.6 is 19.2 Å². The standard InChI is InChI=1S/C17H22ClFN9O6P/c18-17-22-12(21-7-3-1-2-4-7)8-5-20-28(14(8)23-17)15-10(19)11(29)9(34-15)6-33-16(35(30,31)32)13-24-26-27-25-13/h5,7,9-11,15-16,29H,1-4,6H2,(H,21,22,23)(H2,30,31,32)(H,24,25,26,27)/t9-,10+,11-,15-,16?/m1/s1. The summed E-state index contributed by atoms with van der Waals surface area (Å²) in [6.45, 7) is -0.571. The number of aliphatic hydroxyl groups is 1. The van der Waals surface area contributed by atoms with Crippen molar-refractivity contribution in [1.82, 2.24) is 40.4 Å². The van der Waals surface area contributed by atoms with E-state index in [4.69, 9.17) is 21.1 Å². The average Bonchev–Trinajstić information content (AvgIpc) is 3.59. The summed E-state index contributed by atoms with van der Waals surface area (Å²) in [5.74, 6) is -1.71. The van der Waals surface area contributed by atoms with Crippen molar-refractivity contribution in [1.29, 1.82) is 0 Å². The summed E-state index contributed by atoms with van der Waals surface area (Å²) in [6, 6.07) is 0.231. The van der Waals surface area contributed by atoms with E-state index in [0.717, 1.165) is 30.4 Å². The van der Waals surface area contributed by atoms with E-state index in [2.05, 4.69) is 41.0 Å². The summed E-state index contributed by atoms with van der Waals surface area (Å²) >= 11 is 6.11. The molecule has 0 amide bonds. The molecule has 18 heteroatoms. The van der Waals surface area contributed by atoms with Gasteiger partial charge in [-0.3, -0.25) is 4.57 Å². The van der Waals surface area contributed by atoms with Crippen LogP contribution in [0.1, 0.15) is 43.6 Å². The Bertz CT molecular complexity index is 1220. The van der Waals surface area contributed by atoms with Crippen LogP contribution in [0.3, 0.4) is 0 Å². The molecule has 0 bridgehead atoms. The zero-order chi connectivity index (χ0) is 24.7. The predicted molar refractivity (Wildman–Crippen MR) is 116 cm³/mol. The molecule has 5 rings (SSSR count).